The Kier molecular flexibility index (Phi) is 8.33. The number of hydrogen-bond acceptors (Lipinski definition) is 8. The minimum absolute atomic E-state index is 0.0144. The first-order valence-corrected chi connectivity index (χ1v) is 14.7. The van der Waals surface area contributed by atoms with Gasteiger partial charge in [0, 0.05) is 17.9 Å². The Balaban J connectivity index is 1.32. The van der Waals surface area contributed by atoms with Crippen LogP contribution in [-0.2, 0) is 36.4 Å². The van der Waals surface area contributed by atoms with Gasteiger partial charge in [-0.2, -0.15) is 0 Å². The average Bonchev–Trinajstić information content (AvgIpc) is 3.27. The molecule has 0 saturated carbocycles. The summed E-state index contributed by atoms with van der Waals surface area (Å²) < 4.78 is 27.1. The number of phosphoric acid groups is 1. The van der Waals surface area contributed by atoms with E-state index in [2.05, 4.69) is 10.6 Å². The molecule has 3 amide bonds. The first-order valence-electron chi connectivity index (χ1n) is 13.2. The third-order valence-corrected chi connectivity index (χ3v) is 8.08. The van der Waals surface area contributed by atoms with Gasteiger partial charge in [0.05, 0.1) is 12.7 Å². The highest BCUT2D eigenvalue weighted by Crippen LogP contribution is 2.50. The van der Waals surface area contributed by atoms with Gasteiger partial charge in [-0.15, -0.1) is 0 Å². The van der Waals surface area contributed by atoms with E-state index in [1.807, 2.05) is 48.5 Å². The number of primary amides is 1. The van der Waals surface area contributed by atoms with Crippen LogP contribution in [0.25, 0.3) is 11.1 Å². The second-order valence-corrected chi connectivity index (χ2v) is 11.5. The topological polar surface area (TPSA) is 187 Å². The number of alkyl carbamates (subject to hydrolysis) is 1. The largest absolute Gasteiger partial charge is 0.527 e. The van der Waals surface area contributed by atoms with Crippen molar-refractivity contribution in [3.8, 4) is 16.9 Å². The quantitative estimate of drug-likeness (QED) is 0.232. The maximum absolute atomic E-state index is 13.2. The van der Waals surface area contributed by atoms with E-state index in [4.69, 9.17) is 19.5 Å². The molecule has 2 aliphatic rings. The van der Waals surface area contributed by atoms with E-state index >= 15 is 0 Å². The molecule has 1 aliphatic carbocycles. The fraction of sp³-hybridized carbons (Fsp3) is 0.276. The predicted octanol–water partition coefficient (Wildman–Crippen LogP) is 2.50. The molecule has 3 aromatic rings. The van der Waals surface area contributed by atoms with Crippen LogP contribution < -0.4 is 20.9 Å². The number of benzene rings is 3. The van der Waals surface area contributed by atoms with Gasteiger partial charge in [-0.05, 0) is 46.9 Å². The van der Waals surface area contributed by atoms with Crippen LogP contribution in [0.4, 0.5) is 4.79 Å². The summed E-state index contributed by atoms with van der Waals surface area (Å²) in [7, 11) is -4.19. The zero-order valence-corrected chi connectivity index (χ0v) is 23.5. The lowest BCUT2D eigenvalue weighted by Crippen LogP contribution is -2.57. The summed E-state index contributed by atoms with van der Waals surface area (Å²) in [6, 6.07) is 17.7. The van der Waals surface area contributed by atoms with Gasteiger partial charge in [-0.25, -0.2) is 9.36 Å². The highest BCUT2D eigenvalue weighted by atomic mass is 31.2. The van der Waals surface area contributed by atoms with Crippen molar-refractivity contribution < 1.29 is 42.7 Å². The van der Waals surface area contributed by atoms with Crippen molar-refractivity contribution in [2.24, 2.45) is 5.73 Å². The maximum Gasteiger partial charge on any atom is 0.527 e. The summed E-state index contributed by atoms with van der Waals surface area (Å²) in [5, 5.41) is 14.9. The summed E-state index contributed by atoms with van der Waals surface area (Å²) >= 11 is 0. The summed E-state index contributed by atoms with van der Waals surface area (Å²) in [6.45, 7) is 1.12. The number of aliphatic hydroxyl groups excluding tert-OH is 1. The van der Waals surface area contributed by atoms with Gasteiger partial charge < -0.3 is 30.7 Å². The molecule has 1 aliphatic heterocycles. The summed E-state index contributed by atoms with van der Waals surface area (Å²) in [4.78, 5) is 47.6. The molecule has 1 heterocycles. The van der Waals surface area contributed by atoms with Gasteiger partial charge in [-0.1, -0.05) is 54.6 Å². The molecule has 220 valence electrons. The van der Waals surface area contributed by atoms with Crippen LogP contribution in [0.5, 0.6) is 5.75 Å². The van der Waals surface area contributed by atoms with E-state index < -0.39 is 43.9 Å². The SMILES string of the molecule is C[C@@H](O)[C@H](NC(=O)[C@H](Cc1ccc2c(c1)COP(=O)(O)O2)NC(=O)OCC1c2ccccc2-c2ccccc21)C(N)=O. The van der Waals surface area contributed by atoms with Crippen LogP contribution in [0, 0.1) is 0 Å². The Morgan fingerprint density at radius 1 is 1.05 bits per heavy atom. The number of carbonyl (C=O) groups excluding carboxylic acids is 3. The van der Waals surface area contributed by atoms with E-state index in [1.54, 1.807) is 12.1 Å². The molecular formula is C29H30N3O9P. The lowest BCUT2D eigenvalue weighted by molar-refractivity contribution is -0.130. The monoisotopic (exact) mass is 595 g/mol. The van der Waals surface area contributed by atoms with Crippen molar-refractivity contribution in [3.63, 3.8) is 0 Å². The molecule has 13 heteroatoms. The second-order valence-electron chi connectivity index (χ2n) is 10.1. The molecule has 0 fully saturated rings. The number of ether oxygens (including phenoxy) is 1. The number of fused-ring (bicyclic) bond motifs is 4. The Morgan fingerprint density at radius 3 is 2.31 bits per heavy atom. The standard InChI is InChI=1S/C29H30N3O9P/c1-16(33)26(27(30)34)32-28(35)24(13-17-10-11-25-18(12-17)14-40-42(37,38)41-25)31-29(36)39-15-23-21-8-4-2-6-19(21)20-7-3-5-9-22(20)23/h2-12,16,23-24,26,33H,13-15H2,1H3,(H2,30,34)(H,31,36)(H,32,35)(H,37,38)/t16-,24+,26+/m1/s1. The third kappa shape index (κ3) is 6.32. The number of nitrogens with one attached hydrogen (secondary N) is 2. The molecule has 12 nitrogen and oxygen atoms in total. The molecule has 0 radical (unpaired) electrons. The van der Waals surface area contributed by atoms with Gasteiger partial charge in [0.15, 0.2) is 0 Å². The van der Waals surface area contributed by atoms with E-state index in [-0.39, 0.29) is 31.3 Å². The Hall–Kier alpha value is -4.22. The van der Waals surface area contributed by atoms with Crippen LogP contribution >= 0.6 is 7.82 Å². The first-order chi connectivity index (χ1) is 20.0. The highest BCUT2D eigenvalue weighted by Gasteiger charge is 2.33. The van der Waals surface area contributed by atoms with Gasteiger partial charge in [0.1, 0.15) is 24.4 Å². The molecule has 0 aromatic heterocycles. The van der Waals surface area contributed by atoms with E-state index in [0.29, 0.717) is 11.1 Å². The number of phosphoric ester groups is 1. The second kappa shape index (κ2) is 11.9. The fourth-order valence-corrected chi connectivity index (χ4v) is 5.96. The normalized spacial score (nSPS) is 19.2. The van der Waals surface area contributed by atoms with Gasteiger partial charge >= 0.3 is 13.9 Å². The average molecular weight is 596 g/mol. The molecule has 0 bridgehead atoms. The van der Waals surface area contributed by atoms with E-state index in [9.17, 15) is 28.9 Å². The van der Waals surface area contributed by atoms with E-state index in [1.165, 1.54) is 13.0 Å². The Bertz CT molecular complexity index is 1530. The lowest BCUT2D eigenvalue weighted by Gasteiger charge is -2.25. The van der Waals surface area contributed by atoms with Crippen LogP contribution in [0.2, 0.25) is 0 Å². The summed E-state index contributed by atoms with van der Waals surface area (Å²) in [5.74, 6) is -1.77. The van der Waals surface area contributed by atoms with Crippen molar-refractivity contribution >= 4 is 25.7 Å². The molecule has 4 atom stereocenters. The van der Waals surface area contributed by atoms with Crippen molar-refractivity contribution in [3.05, 3.63) is 89.0 Å². The molecule has 1 unspecified atom stereocenters. The zero-order valence-electron chi connectivity index (χ0n) is 22.6. The Morgan fingerprint density at radius 2 is 1.69 bits per heavy atom. The van der Waals surface area contributed by atoms with Gasteiger partial charge in [0.2, 0.25) is 11.8 Å². The number of amides is 3. The first kappa shape index (κ1) is 29.3. The smallest absolute Gasteiger partial charge is 0.449 e. The number of carbonyl (C=O) groups is 3. The number of hydrogen-bond donors (Lipinski definition) is 5. The maximum atomic E-state index is 13.2. The minimum atomic E-state index is -4.19. The molecule has 6 N–H and O–H groups in total. The molecule has 0 spiro atoms. The zero-order chi connectivity index (χ0) is 30.0. The third-order valence-electron chi connectivity index (χ3n) is 7.20. The van der Waals surface area contributed by atoms with Gasteiger partial charge in [0.25, 0.3) is 0 Å². The van der Waals surface area contributed by atoms with Crippen molar-refractivity contribution in [2.75, 3.05) is 6.61 Å². The van der Waals surface area contributed by atoms with Crippen LogP contribution in [-0.4, -0.2) is 52.7 Å². The molecule has 0 saturated heterocycles. The van der Waals surface area contributed by atoms with E-state index in [0.717, 1.165) is 22.3 Å². The summed E-state index contributed by atoms with van der Waals surface area (Å²) in [6.07, 6.45) is -2.21. The predicted molar refractivity (Wildman–Crippen MR) is 150 cm³/mol. The highest BCUT2D eigenvalue weighted by molar-refractivity contribution is 7.47. The van der Waals surface area contributed by atoms with Crippen molar-refractivity contribution in [1.82, 2.24) is 10.6 Å². The lowest BCUT2D eigenvalue weighted by atomic mass is 9.98. The molecule has 42 heavy (non-hydrogen) atoms. The number of nitrogens with two attached hydrogens (primary N) is 1. The van der Waals surface area contributed by atoms with Crippen LogP contribution in [0.15, 0.2) is 66.7 Å². The fourth-order valence-electron chi connectivity index (χ4n) is 5.17. The Labute approximate surface area is 241 Å². The number of aliphatic hydroxyl groups is 1. The van der Waals surface area contributed by atoms with Crippen LogP contribution in [0.3, 0.4) is 0 Å². The number of rotatable bonds is 9. The summed E-state index contributed by atoms with van der Waals surface area (Å²) in [5.41, 5.74) is 10.5. The minimum Gasteiger partial charge on any atom is -0.449 e. The molecule has 3 aromatic carbocycles. The molecular weight excluding hydrogens is 565 g/mol. The van der Waals surface area contributed by atoms with Gasteiger partial charge in [-0.3, -0.25) is 19.0 Å². The molecule has 5 rings (SSSR count). The van der Waals surface area contributed by atoms with Crippen LogP contribution in [0.1, 0.15) is 35.1 Å². The van der Waals surface area contributed by atoms with Crippen molar-refractivity contribution in [2.45, 2.75) is 44.1 Å². The van der Waals surface area contributed by atoms with Crippen molar-refractivity contribution in [1.29, 1.82) is 0 Å².